The minimum absolute atomic E-state index is 0.133. The van der Waals surface area contributed by atoms with E-state index in [2.05, 4.69) is 17.0 Å². The van der Waals surface area contributed by atoms with Crippen LogP contribution in [0.2, 0.25) is 0 Å². The second-order valence-electron chi connectivity index (χ2n) is 7.30. The van der Waals surface area contributed by atoms with Crippen LogP contribution in [0.4, 0.5) is 5.69 Å². The summed E-state index contributed by atoms with van der Waals surface area (Å²) in [5, 5.41) is 4.40. The van der Waals surface area contributed by atoms with Crippen LogP contribution in [0.5, 0.6) is 5.75 Å². The highest BCUT2D eigenvalue weighted by Crippen LogP contribution is 2.35. The van der Waals surface area contributed by atoms with Crippen LogP contribution in [-0.4, -0.2) is 34.2 Å². The van der Waals surface area contributed by atoms with Crippen LogP contribution in [-0.2, 0) is 4.79 Å². The van der Waals surface area contributed by atoms with Gasteiger partial charge in [0.1, 0.15) is 10.3 Å². The Balaban J connectivity index is 1.64. The fraction of sp³-hybridized carbons (Fsp3) is 0.217. The van der Waals surface area contributed by atoms with Crippen molar-refractivity contribution in [3.05, 3.63) is 69.0 Å². The molecule has 7 nitrogen and oxygen atoms in total. The summed E-state index contributed by atoms with van der Waals surface area (Å²) in [6.07, 6.45) is 1.89. The molecule has 0 radical (unpaired) electrons. The first kappa shape index (κ1) is 19.4. The standard InChI is InChI=1S/C23H20N4O3S/c1-3-4-13-26-17-8-6-5-7-16(17)18(21(26)28)19-22(29)27-23(31-19)24-20(25-27)14-9-11-15(30-2)12-10-14/h5-12H,3-4,13H2,1-2H3. The summed E-state index contributed by atoms with van der Waals surface area (Å²) >= 11 is 1.21. The van der Waals surface area contributed by atoms with Crippen LogP contribution < -0.4 is 19.7 Å². The highest BCUT2D eigenvalue weighted by molar-refractivity contribution is 7.15. The van der Waals surface area contributed by atoms with Gasteiger partial charge in [-0.1, -0.05) is 42.9 Å². The number of benzene rings is 2. The molecule has 1 amide bonds. The van der Waals surface area contributed by atoms with Gasteiger partial charge in [-0.05, 0) is 36.8 Å². The van der Waals surface area contributed by atoms with Crippen molar-refractivity contribution in [1.82, 2.24) is 14.6 Å². The van der Waals surface area contributed by atoms with E-state index >= 15 is 0 Å². The first-order valence-electron chi connectivity index (χ1n) is 10.1. The number of hydrogen-bond acceptors (Lipinski definition) is 6. The molecular formula is C23H20N4O3S. The van der Waals surface area contributed by atoms with Crippen molar-refractivity contribution in [1.29, 1.82) is 0 Å². The van der Waals surface area contributed by atoms with Gasteiger partial charge in [0.05, 0.1) is 18.4 Å². The number of hydrogen-bond donors (Lipinski definition) is 0. The number of aromatic nitrogens is 3. The van der Waals surface area contributed by atoms with Gasteiger partial charge in [-0.2, -0.15) is 9.50 Å². The molecule has 0 aliphatic carbocycles. The molecule has 31 heavy (non-hydrogen) atoms. The Kier molecular flexibility index (Phi) is 4.78. The second kappa shape index (κ2) is 7.63. The molecule has 156 valence electrons. The van der Waals surface area contributed by atoms with E-state index in [1.165, 1.54) is 15.9 Å². The molecule has 0 unspecified atom stereocenters. The van der Waals surface area contributed by atoms with Gasteiger partial charge in [0, 0.05) is 17.7 Å². The highest BCUT2D eigenvalue weighted by Gasteiger charge is 2.33. The number of thiazole rings is 1. The maximum atomic E-state index is 13.3. The summed E-state index contributed by atoms with van der Waals surface area (Å²) in [4.78, 5) is 33.2. The van der Waals surface area contributed by atoms with Crippen molar-refractivity contribution < 1.29 is 9.53 Å². The Labute approximate surface area is 182 Å². The smallest absolute Gasteiger partial charge is 0.291 e. The number of carbonyl (C=O) groups excluding carboxylic acids is 1. The average Bonchev–Trinajstić information content (AvgIpc) is 3.43. The lowest BCUT2D eigenvalue weighted by molar-refractivity contribution is -0.113. The topological polar surface area (TPSA) is 76.8 Å². The Hall–Kier alpha value is -3.52. The molecule has 2 aromatic carbocycles. The van der Waals surface area contributed by atoms with Crippen LogP contribution in [0.3, 0.4) is 0 Å². The number of methoxy groups -OCH3 is 1. The number of unbranched alkanes of at least 4 members (excludes halogenated alkanes) is 1. The normalized spacial score (nSPS) is 15.0. The van der Waals surface area contributed by atoms with Crippen LogP contribution in [0.15, 0.2) is 53.3 Å². The fourth-order valence-electron chi connectivity index (χ4n) is 3.79. The molecule has 3 heterocycles. The van der Waals surface area contributed by atoms with E-state index < -0.39 is 0 Å². The van der Waals surface area contributed by atoms with Gasteiger partial charge in [-0.25, -0.2) is 0 Å². The lowest BCUT2D eigenvalue weighted by atomic mass is 10.1. The summed E-state index contributed by atoms with van der Waals surface area (Å²) in [6, 6.07) is 15.0. The number of fused-ring (bicyclic) bond motifs is 2. The number of carbonyl (C=O) groups is 1. The van der Waals surface area contributed by atoms with Crippen LogP contribution in [0, 0.1) is 0 Å². The maximum absolute atomic E-state index is 13.3. The first-order valence-corrected chi connectivity index (χ1v) is 10.9. The van der Waals surface area contributed by atoms with Crippen LogP contribution in [0.1, 0.15) is 25.3 Å². The van der Waals surface area contributed by atoms with E-state index in [-0.39, 0.29) is 11.5 Å². The molecular weight excluding hydrogens is 412 g/mol. The fourth-order valence-corrected chi connectivity index (χ4v) is 4.78. The number of amides is 1. The number of para-hydroxylation sites is 1. The molecule has 4 aromatic rings. The second-order valence-corrected chi connectivity index (χ2v) is 8.27. The van der Waals surface area contributed by atoms with E-state index in [0.29, 0.717) is 27.4 Å². The minimum Gasteiger partial charge on any atom is -0.497 e. The molecule has 2 aromatic heterocycles. The van der Waals surface area contributed by atoms with Crippen molar-refractivity contribution in [2.24, 2.45) is 0 Å². The van der Waals surface area contributed by atoms with Gasteiger partial charge in [0.15, 0.2) is 5.82 Å². The third-order valence-corrected chi connectivity index (χ3v) is 6.42. The molecule has 0 saturated heterocycles. The van der Waals surface area contributed by atoms with Gasteiger partial charge in [0.2, 0.25) is 4.96 Å². The van der Waals surface area contributed by atoms with E-state index in [1.54, 1.807) is 12.0 Å². The molecule has 8 heteroatoms. The SMILES string of the molecule is CCCCN1C(=O)C(=c2sc3nc(-c4ccc(OC)cc4)nn3c2=O)c2ccccc21. The Morgan fingerprint density at radius 3 is 2.55 bits per heavy atom. The number of ether oxygens (including phenoxy) is 1. The van der Waals surface area contributed by atoms with E-state index in [1.807, 2.05) is 48.5 Å². The number of rotatable bonds is 5. The van der Waals surface area contributed by atoms with Crippen LogP contribution in [0.25, 0.3) is 21.9 Å². The largest absolute Gasteiger partial charge is 0.497 e. The highest BCUT2D eigenvalue weighted by atomic mass is 32.1. The lowest BCUT2D eigenvalue weighted by Gasteiger charge is -2.16. The third kappa shape index (κ3) is 3.11. The maximum Gasteiger partial charge on any atom is 0.291 e. The lowest BCUT2D eigenvalue weighted by Crippen LogP contribution is -2.33. The summed E-state index contributed by atoms with van der Waals surface area (Å²) < 4.78 is 6.85. The Morgan fingerprint density at radius 1 is 1.06 bits per heavy atom. The molecule has 5 rings (SSSR count). The van der Waals surface area contributed by atoms with E-state index in [4.69, 9.17) is 4.74 Å². The van der Waals surface area contributed by atoms with Gasteiger partial charge >= 0.3 is 0 Å². The third-order valence-electron chi connectivity index (χ3n) is 5.39. The zero-order valence-electron chi connectivity index (χ0n) is 17.2. The minimum atomic E-state index is -0.317. The molecule has 0 bridgehead atoms. The summed E-state index contributed by atoms with van der Waals surface area (Å²) in [6.45, 7) is 2.72. The predicted octanol–water partition coefficient (Wildman–Crippen LogP) is 2.89. The van der Waals surface area contributed by atoms with E-state index in [9.17, 15) is 9.59 Å². The zero-order chi connectivity index (χ0) is 21.5. The molecule has 1 aliphatic rings. The molecule has 0 atom stereocenters. The van der Waals surface area contributed by atoms with Gasteiger partial charge in [-0.3, -0.25) is 9.59 Å². The average molecular weight is 433 g/mol. The van der Waals surface area contributed by atoms with Crippen molar-refractivity contribution in [3.63, 3.8) is 0 Å². The van der Waals surface area contributed by atoms with Crippen molar-refractivity contribution in [2.75, 3.05) is 18.6 Å². The molecule has 0 saturated carbocycles. The summed E-state index contributed by atoms with van der Waals surface area (Å²) in [5.74, 6) is 1.07. The first-order chi connectivity index (χ1) is 15.1. The van der Waals surface area contributed by atoms with Crippen molar-refractivity contribution in [2.45, 2.75) is 19.8 Å². The molecule has 0 fully saturated rings. The van der Waals surface area contributed by atoms with Crippen LogP contribution >= 0.6 is 11.3 Å². The summed E-state index contributed by atoms with van der Waals surface area (Å²) in [5.41, 5.74) is 2.56. The summed E-state index contributed by atoms with van der Waals surface area (Å²) in [7, 11) is 1.61. The zero-order valence-corrected chi connectivity index (χ0v) is 18.0. The quantitative estimate of drug-likeness (QED) is 0.485. The number of anilines is 1. The van der Waals surface area contributed by atoms with Crippen molar-refractivity contribution >= 4 is 33.5 Å². The van der Waals surface area contributed by atoms with Gasteiger partial charge in [0.25, 0.3) is 11.5 Å². The van der Waals surface area contributed by atoms with Crippen molar-refractivity contribution in [3.8, 4) is 17.1 Å². The molecule has 0 spiro atoms. The number of nitrogens with zero attached hydrogens (tertiary/aromatic N) is 4. The monoisotopic (exact) mass is 432 g/mol. The Bertz CT molecular complexity index is 1410. The van der Waals surface area contributed by atoms with Gasteiger partial charge < -0.3 is 9.64 Å². The van der Waals surface area contributed by atoms with E-state index in [0.717, 1.165) is 35.4 Å². The Morgan fingerprint density at radius 2 is 1.84 bits per heavy atom. The van der Waals surface area contributed by atoms with Gasteiger partial charge in [-0.15, -0.1) is 5.10 Å². The molecule has 1 aliphatic heterocycles. The predicted molar refractivity (Wildman–Crippen MR) is 121 cm³/mol. The molecule has 0 N–H and O–H groups in total.